The lowest BCUT2D eigenvalue weighted by Crippen LogP contribution is -2.42. The smallest absolute Gasteiger partial charge is 0.333 e. The van der Waals surface area contributed by atoms with Gasteiger partial charge in [-0.2, -0.15) is 4.31 Å². The molecule has 0 spiro atoms. The van der Waals surface area contributed by atoms with E-state index in [0.29, 0.717) is 9.33 Å². The molecular formula is C15H15ClN2O3S. The predicted molar refractivity (Wildman–Crippen MR) is 87.4 cm³/mol. The molecule has 0 unspecified atom stereocenters. The zero-order chi connectivity index (χ0) is 16.2. The number of hydrogen-bond donors (Lipinski definition) is 1. The first-order valence-corrected chi connectivity index (χ1v) is 8.51. The quantitative estimate of drug-likeness (QED) is 0.910. The van der Waals surface area contributed by atoms with Crippen molar-refractivity contribution in [2.24, 2.45) is 5.73 Å². The lowest BCUT2D eigenvalue weighted by atomic mass is 10.2. The van der Waals surface area contributed by atoms with Crippen molar-refractivity contribution in [3.63, 3.8) is 0 Å². The molecule has 2 aromatic rings. The van der Waals surface area contributed by atoms with Crippen LogP contribution in [-0.2, 0) is 16.4 Å². The lowest BCUT2D eigenvalue weighted by Gasteiger charge is -2.20. The maximum Gasteiger partial charge on any atom is 0.333 e. The molecule has 0 saturated heterocycles. The van der Waals surface area contributed by atoms with Crippen molar-refractivity contribution in [1.82, 2.24) is 0 Å². The van der Waals surface area contributed by atoms with Crippen LogP contribution in [0, 0.1) is 0 Å². The minimum absolute atomic E-state index is 0.228. The van der Waals surface area contributed by atoms with Gasteiger partial charge in [0.25, 0.3) is 0 Å². The third-order valence-corrected chi connectivity index (χ3v) is 4.95. The van der Waals surface area contributed by atoms with Crippen LogP contribution in [0.4, 0.5) is 10.5 Å². The van der Waals surface area contributed by atoms with E-state index >= 15 is 0 Å². The molecule has 2 amide bonds. The number of primary amides is 1. The number of anilines is 1. The van der Waals surface area contributed by atoms with Crippen molar-refractivity contribution in [2.45, 2.75) is 6.42 Å². The van der Waals surface area contributed by atoms with E-state index in [1.165, 1.54) is 12.1 Å². The number of hydrogen-bond acceptors (Lipinski definition) is 3. The second-order valence-corrected chi connectivity index (χ2v) is 7.00. The summed E-state index contributed by atoms with van der Waals surface area (Å²) in [5.41, 5.74) is 6.27. The predicted octanol–water partition coefficient (Wildman–Crippen LogP) is 2.80. The molecule has 0 atom stereocenters. The Kier molecular flexibility index (Phi) is 5.05. The molecule has 0 aliphatic carbocycles. The van der Waals surface area contributed by atoms with Crippen LogP contribution < -0.4 is 10.0 Å². The number of benzene rings is 2. The first-order valence-electron chi connectivity index (χ1n) is 6.52. The summed E-state index contributed by atoms with van der Waals surface area (Å²) in [5, 5.41) is 0.578. The average molecular weight is 339 g/mol. The summed E-state index contributed by atoms with van der Waals surface area (Å²) in [5.74, 6) is -0.230. The number of carbonyl (C=O) groups excluding carboxylic acids is 1. The summed E-state index contributed by atoms with van der Waals surface area (Å²) in [6, 6.07) is 13.9. The van der Waals surface area contributed by atoms with Crippen LogP contribution in [0.5, 0.6) is 0 Å². The summed E-state index contributed by atoms with van der Waals surface area (Å²) < 4.78 is 25.5. The highest BCUT2D eigenvalue weighted by Gasteiger charge is 2.26. The van der Waals surface area contributed by atoms with Crippen LogP contribution in [0.2, 0.25) is 5.02 Å². The van der Waals surface area contributed by atoms with E-state index in [1.807, 2.05) is 0 Å². The molecule has 0 saturated carbocycles. The number of carbonyl (C=O) groups is 1. The highest BCUT2D eigenvalue weighted by atomic mass is 35.5. The number of urea groups is 1. The third kappa shape index (κ3) is 3.99. The summed E-state index contributed by atoms with van der Waals surface area (Å²) in [4.78, 5) is 11.6. The molecule has 22 heavy (non-hydrogen) atoms. The number of para-hydroxylation sites is 1. The maximum atomic E-state index is 12.4. The number of rotatable bonds is 5. The van der Waals surface area contributed by atoms with Crippen molar-refractivity contribution in [1.29, 1.82) is 0 Å². The fourth-order valence-corrected chi connectivity index (χ4v) is 3.50. The second-order valence-electron chi connectivity index (χ2n) is 4.63. The topological polar surface area (TPSA) is 80.5 Å². The molecule has 0 aliphatic rings. The van der Waals surface area contributed by atoms with Gasteiger partial charge in [-0.05, 0) is 36.2 Å². The van der Waals surface area contributed by atoms with Crippen molar-refractivity contribution in [3.05, 3.63) is 65.2 Å². The van der Waals surface area contributed by atoms with E-state index in [-0.39, 0.29) is 17.9 Å². The third-order valence-electron chi connectivity index (χ3n) is 3.03. The maximum absolute atomic E-state index is 12.4. The Morgan fingerprint density at radius 2 is 1.64 bits per heavy atom. The first-order chi connectivity index (χ1) is 10.4. The van der Waals surface area contributed by atoms with Crippen LogP contribution in [0.15, 0.2) is 54.6 Å². The Bertz CT molecular complexity index is 746. The second kappa shape index (κ2) is 6.81. The number of aryl methyl sites for hydroxylation is 1. The van der Waals surface area contributed by atoms with Crippen LogP contribution in [-0.4, -0.2) is 20.2 Å². The molecule has 2 aromatic carbocycles. The van der Waals surface area contributed by atoms with Gasteiger partial charge >= 0.3 is 6.03 Å². The van der Waals surface area contributed by atoms with Crippen molar-refractivity contribution in [3.8, 4) is 0 Å². The van der Waals surface area contributed by atoms with Gasteiger partial charge in [0.15, 0.2) is 0 Å². The van der Waals surface area contributed by atoms with Crippen LogP contribution in [0.1, 0.15) is 5.56 Å². The van der Waals surface area contributed by atoms with Crippen LogP contribution in [0.25, 0.3) is 0 Å². The molecule has 2 N–H and O–H groups in total. The monoisotopic (exact) mass is 338 g/mol. The molecule has 7 heteroatoms. The van der Waals surface area contributed by atoms with Crippen molar-refractivity contribution >= 4 is 33.3 Å². The van der Waals surface area contributed by atoms with E-state index in [9.17, 15) is 13.2 Å². The van der Waals surface area contributed by atoms with Gasteiger partial charge in [0.05, 0.1) is 11.4 Å². The molecule has 0 aliphatic heterocycles. The molecule has 116 valence electrons. The summed E-state index contributed by atoms with van der Waals surface area (Å²) in [6.45, 7) is 0. The van der Waals surface area contributed by atoms with Crippen LogP contribution >= 0.6 is 11.6 Å². The van der Waals surface area contributed by atoms with Gasteiger partial charge in [0.2, 0.25) is 10.0 Å². The van der Waals surface area contributed by atoms with Gasteiger partial charge in [-0.15, -0.1) is 0 Å². The summed E-state index contributed by atoms with van der Waals surface area (Å²) >= 11 is 5.79. The average Bonchev–Trinajstić information content (AvgIpc) is 2.47. The molecular weight excluding hydrogens is 324 g/mol. The molecule has 0 aromatic heterocycles. The lowest BCUT2D eigenvalue weighted by molar-refractivity contribution is 0.257. The van der Waals surface area contributed by atoms with Gasteiger partial charge in [-0.1, -0.05) is 41.9 Å². The molecule has 0 radical (unpaired) electrons. The molecule has 0 heterocycles. The fourth-order valence-electron chi connectivity index (χ4n) is 1.98. The number of halogens is 1. The highest BCUT2D eigenvalue weighted by Crippen LogP contribution is 2.19. The van der Waals surface area contributed by atoms with Gasteiger partial charge in [0, 0.05) is 5.02 Å². The minimum atomic E-state index is -3.86. The molecule has 2 rings (SSSR count). The fraction of sp³-hybridized carbons (Fsp3) is 0.133. The van der Waals surface area contributed by atoms with E-state index in [2.05, 4.69) is 0 Å². The van der Waals surface area contributed by atoms with Gasteiger partial charge < -0.3 is 5.73 Å². The van der Waals surface area contributed by atoms with E-state index in [0.717, 1.165) is 5.56 Å². The summed E-state index contributed by atoms with van der Waals surface area (Å²) in [6.07, 6.45) is 0.260. The molecule has 0 fully saturated rings. The highest BCUT2D eigenvalue weighted by molar-refractivity contribution is 7.93. The number of nitrogens with zero attached hydrogens (tertiary/aromatic N) is 1. The number of nitrogens with two attached hydrogens (primary N) is 1. The van der Waals surface area contributed by atoms with Gasteiger partial charge in [-0.25, -0.2) is 13.2 Å². The van der Waals surface area contributed by atoms with Crippen molar-refractivity contribution < 1.29 is 13.2 Å². The van der Waals surface area contributed by atoms with Gasteiger partial charge in [0.1, 0.15) is 0 Å². The SMILES string of the molecule is NC(=O)N(c1ccccc1)S(=O)(=O)CCc1ccc(Cl)cc1. The van der Waals surface area contributed by atoms with Crippen molar-refractivity contribution in [2.75, 3.05) is 10.1 Å². The minimum Gasteiger partial charge on any atom is -0.350 e. The Morgan fingerprint density at radius 3 is 2.18 bits per heavy atom. The Balaban J connectivity index is 2.19. The number of amides is 2. The Morgan fingerprint density at radius 1 is 1.05 bits per heavy atom. The Hall–Kier alpha value is -2.05. The van der Waals surface area contributed by atoms with E-state index in [4.69, 9.17) is 17.3 Å². The number of sulfonamides is 1. The van der Waals surface area contributed by atoms with Gasteiger partial charge in [-0.3, -0.25) is 0 Å². The zero-order valence-corrected chi connectivity index (χ0v) is 13.2. The standard InChI is InChI=1S/C15H15ClN2O3S/c16-13-8-6-12(7-9-13)10-11-22(20,21)18(15(17)19)14-4-2-1-3-5-14/h1-9H,10-11H2,(H2,17,19). The molecule has 0 bridgehead atoms. The first kappa shape index (κ1) is 16.3. The Labute approximate surface area is 134 Å². The largest absolute Gasteiger partial charge is 0.350 e. The normalized spacial score (nSPS) is 11.1. The van der Waals surface area contributed by atoms with E-state index in [1.54, 1.807) is 42.5 Å². The summed E-state index contributed by atoms with van der Waals surface area (Å²) in [7, 11) is -3.86. The molecule has 5 nitrogen and oxygen atoms in total. The van der Waals surface area contributed by atoms with E-state index < -0.39 is 16.1 Å². The van der Waals surface area contributed by atoms with Crippen LogP contribution in [0.3, 0.4) is 0 Å². The zero-order valence-electron chi connectivity index (χ0n) is 11.6.